The fourth-order valence-corrected chi connectivity index (χ4v) is 5.27. The minimum Gasteiger partial charge on any atom is -0.397 e. The van der Waals surface area contributed by atoms with Crippen LogP contribution in [0, 0.1) is 0 Å². The van der Waals surface area contributed by atoms with Gasteiger partial charge in [-0.05, 0) is 25.0 Å². The Morgan fingerprint density at radius 3 is 2.85 bits per heavy atom. The molecule has 10 heteroatoms. The molecule has 0 radical (unpaired) electrons. The lowest BCUT2D eigenvalue weighted by atomic mass is 10.2. The minimum absolute atomic E-state index is 0.0851. The number of nitrogens with zero attached hydrogens (tertiary/aromatic N) is 1. The average molecular weight is 412 g/mol. The molecule has 1 saturated heterocycles. The predicted octanol–water partition coefficient (Wildman–Crippen LogP) is 2.46. The molecule has 3 aromatic rings. The maximum absolute atomic E-state index is 12.8. The van der Waals surface area contributed by atoms with Crippen LogP contribution in [0.15, 0.2) is 21.7 Å². The van der Waals surface area contributed by atoms with Gasteiger partial charge in [-0.1, -0.05) is 11.6 Å². The van der Waals surface area contributed by atoms with Gasteiger partial charge in [-0.3, -0.25) is 19.1 Å². The minimum atomic E-state index is -0.592. The van der Waals surface area contributed by atoms with Gasteiger partial charge in [-0.25, -0.2) is 4.79 Å². The number of hydrogen-bond acceptors (Lipinski definition) is 7. The van der Waals surface area contributed by atoms with Gasteiger partial charge in [0.25, 0.3) is 5.56 Å². The third-order valence-electron chi connectivity index (χ3n) is 4.28. The molecular formula is C16H14ClN3O4S2. The number of H-pyrrole nitrogens is 1. The Morgan fingerprint density at radius 2 is 2.19 bits per heavy atom. The normalized spacial score (nSPS) is 17.2. The highest BCUT2D eigenvalue weighted by atomic mass is 35.5. The van der Waals surface area contributed by atoms with Gasteiger partial charge in [0.05, 0.1) is 32.9 Å². The fraction of sp³-hybridized carbons (Fsp3) is 0.312. The van der Waals surface area contributed by atoms with E-state index in [9.17, 15) is 14.4 Å². The van der Waals surface area contributed by atoms with Crippen LogP contribution in [-0.4, -0.2) is 28.0 Å². The van der Waals surface area contributed by atoms with Crippen LogP contribution in [0.3, 0.4) is 0 Å². The predicted molar refractivity (Wildman–Crippen MR) is 103 cm³/mol. The number of rotatable bonds is 4. The smallest absolute Gasteiger partial charge is 0.329 e. The number of nitrogens with one attached hydrogen (secondary N) is 1. The van der Waals surface area contributed by atoms with Crippen LogP contribution in [0.2, 0.25) is 4.34 Å². The third-order valence-corrected chi connectivity index (χ3v) is 6.74. The largest absolute Gasteiger partial charge is 0.397 e. The molecule has 136 valence electrons. The summed E-state index contributed by atoms with van der Waals surface area (Å²) in [4.78, 5) is 40.7. The number of anilines is 1. The van der Waals surface area contributed by atoms with Gasteiger partial charge < -0.3 is 10.5 Å². The van der Waals surface area contributed by atoms with Gasteiger partial charge in [0.1, 0.15) is 9.71 Å². The molecule has 1 aliphatic rings. The molecule has 0 unspecified atom stereocenters. The van der Waals surface area contributed by atoms with Gasteiger partial charge in [0.15, 0.2) is 0 Å². The van der Waals surface area contributed by atoms with E-state index in [4.69, 9.17) is 22.1 Å². The van der Waals surface area contributed by atoms with Crippen LogP contribution < -0.4 is 17.0 Å². The second-order valence-electron chi connectivity index (χ2n) is 5.96. The zero-order chi connectivity index (χ0) is 18.4. The molecule has 26 heavy (non-hydrogen) atoms. The van der Waals surface area contributed by atoms with E-state index in [1.165, 1.54) is 4.57 Å². The number of fused-ring (bicyclic) bond motifs is 1. The lowest BCUT2D eigenvalue weighted by Crippen LogP contribution is -2.33. The lowest BCUT2D eigenvalue weighted by molar-refractivity contribution is 0.0970. The van der Waals surface area contributed by atoms with Crippen molar-refractivity contribution in [3.63, 3.8) is 0 Å². The molecule has 4 rings (SSSR count). The summed E-state index contributed by atoms with van der Waals surface area (Å²) in [6.07, 6.45) is 1.68. The summed E-state index contributed by atoms with van der Waals surface area (Å²) < 4.78 is 7.51. The molecule has 1 aliphatic heterocycles. The Hall–Kier alpha value is -1.94. The first-order valence-corrected chi connectivity index (χ1v) is 9.93. The quantitative estimate of drug-likeness (QED) is 0.641. The van der Waals surface area contributed by atoms with E-state index in [1.807, 2.05) is 0 Å². The first-order valence-electron chi connectivity index (χ1n) is 7.92. The van der Waals surface area contributed by atoms with Crippen molar-refractivity contribution in [1.82, 2.24) is 9.55 Å². The number of carbonyl (C=O) groups is 1. The van der Waals surface area contributed by atoms with E-state index in [0.29, 0.717) is 27.2 Å². The average Bonchev–Trinajstić information content (AvgIpc) is 3.31. The molecule has 4 heterocycles. The Bertz CT molecular complexity index is 1120. The summed E-state index contributed by atoms with van der Waals surface area (Å²) in [5.74, 6) is -0.309. The Kier molecular flexibility index (Phi) is 4.47. The third kappa shape index (κ3) is 2.90. The molecule has 0 aromatic carbocycles. The number of aromatic nitrogens is 2. The maximum atomic E-state index is 12.8. The topological polar surface area (TPSA) is 107 Å². The van der Waals surface area contributed by atoms with Crippen LogP contribution >= 0.6 is 34.3 Å². The van der Waals surface area contributed by atoms with Crippen molar-refractivity contribution in [1.29, 1.82) is 0 Å². The first kappa shape index (κ1) is 17.5. The summed E-state index contributed by atoms with van der Waals surface area (Å²) in [5.41, 5.74) is 5.07. The number of nitrogen functional groups attached to an aromatic ring is 1. The van der Waals surface area contributed by atoms with Crippen LogP contribution in [0.5, 0.6) is 0 Å². The molecule has 7 nitrogen and oxygen atoms in total. The number of nitrogens with two attached hydrogens (primary N) is 1. The van der Waals surface area contributed by atoms with Crippen molar-refractivity contribution < 1.29 is 9.53 Å². The van der Waals surface area contributed by atoms with Gasteiger partial charge in [-0.15, -0.1) is 22.7 Å². The highest BCUT2D eigenvalue weighted by molar-refractivity contribution is 7.23. The molecule has 1 atom stereocenters. The standard InChI is InChI=1S/C16H14ClN3O4S2/c17-9-4-3-8(25-9)12(21)13-11(18)10-14(22)19-16(23)20(15(10)26-13)6-7-2-1-5-24-7/h3-4,7H,1-2,5-6,18H2,(H,19,22,23)/t7-/m1/s1. The van der Waals surface area contributed by atoms with E-state index in [0.717, 1.165) is 35.5 Å². The molecule has 0 saturated carbocycles. The summed E-state index contributed by atoms with van der Waals surface area (Å²) >= 11 is 8.09. The van der Waals surface area contributed by atoms with E-state index >= 15 is 0 Å². The first-order chi connectivity index (χ1) is 12.5. The molecule has 3 N–H and O–H groups in total. The van der Waals surface area contributed by atoms with Crippen LogP contribution in [-0.2, 0) is 11.3 Å². The van der Waals surface area contributed by atoms with Crippen molar-refractivity contribution in [2.45, 2.75) is 25.5 Å². The van der Waals surface area contributed by atoms with Gasteiger partial charge >= 0.3 is 5.69 Å². The number of carbonyl (C=O) groups excluding carboxylic acids is 1. The summed E-state index contributed by atoms with van der Waals surface area (Å²) in [7, 11) is 0. The number of thiophene rings is 2. The Balaban J connectivity index is 1.87. The Labute approximate surface area is 160 Å². The van der Waals surface area contributed by atoms with Crippen molar-refractivity contribution in [3.8, 4) is 0 Å². The second kappa shape index (κ2) is 6.66. The number of ketones is 1. The monoisotopic (exact) mass is 411 g/mol. The maximum Gasteiger partial charge on any atom is 0.329 e. The van der Waals surface area contributed by atoms with Crippen molar-refractivity contribution in [2.75, 3.05) is 12.3 Å². The number of aromatic amines is 1. The van der Waals surface area contributed by atoms with E-state index in [-0.39, 0.29) is 27.8 Å². The molecular weight excluding hydrogens is 398 g/mol. The summed E-state index contributed by atoms with van der Waals surface area (Å²) in [6.45, 7) is 0.964. The molecule has 1 fully saturated rings. The van der Waals surface area contributed by atoms with Crippen molar-refractivity contribution >= 4 is 56.0 Å². The zero-order valence-electron chi connectivity index (χ0n) is 13.4. The molecule has 3 aromatic heterocycles. The van der Waals surface area contributed by atoms with Gasteiger partial charge in [0, 0.05) is 6.61 Å². The van der Waals surface area contributed by atoms with Crippen LogP contribution in [0.4, 0.5) is 5.69 Å². The fourth-order valence-electron chi connectivity index (χ4n) is 3.03. The number of ether oxygens (including phenoxy) is 1. The van der Waals surface area contributed by atoms with Crippen molar-refractivity contribution in [2.24, 2.45) is 0 Å². The zero-order valence-corrected chi connectivity index (χ0v) is 15.8. The Morgan fingerprint density at radius 1 is 1.38 bits per heavy atom. The molecule has 0 aliphatic carbocycles. The SMILES string of the molecule is Nc1c(C(=O)c2ccc(Cl)s2)sc2c1c(=O)[nH]c(=O)n2C[C@H]1CCCO1. The van der Waals surface area contributed by atoms with E-state index in [2.05, 4.69) is 4.98 Å². The van der Waals surface area contributed by atoms with E-state index < -0.39 is 11.2 Å². The van der Waals surface area contributed by atoms with Crippen LogP contribution in [0.25, 0.3) is 10.2 Å². The van der Waals surface area contributed by atoms with Gasteiger partial charge in [-0.2, -0.15) is 0 Å². The second-order valence-corrected chi connectivity index (χ2v) is 8.68. The summed E-state index contributed by atoms with van der Waals surface area (Å²) in [5, 5.41) is 0.165. The molecule has 0 spiro atoms. The highest BCUT2D eigenvalue weighted by Gasteiger charge is 2.25. The van der Waals surface area contributed by atoms with Gasteiger partial charge in [0.2, 0.25) is 5.78 Å². The number of halogens is 1. The van der Waals surface area contributed by atoms with Crippen molar-refractivity contribution in [3.05, 3.63) is 47.1 Å². The number of hydrogen-bond donors (Lipinski definition) is 2. The lowest BCUT2D eigenvalue weighted by Gasteiger charge is -2.12. The van der Waals surface area contributed by atoms with Crippen LogP contribution in [0.1, 0.15) is 27.4 Å². The molecule has 0 amide bonds. The summed E-state index contributed by atoms with van der Waals surface area (Å²) in [6, 6.07) is 3.24. The molecule has 0 bridgehead atoms. The highest BCUT2D eigenvalue weighted by Crippen LogP contribution is 2.34. The van der Waals surface area contributed by atoms with E-state index in [1.54, 1.807) is 12.1 Å².